The molecular formula is C25H23F3N6O4. The Morgan fingerprint density at radius 1 is 1.03 bits per heavy atom. The summed E-state index contributed by atoms with van der Waals surface area (Å²) in [6.07, 6.45) is 0.160. The number of rotatable bonds is 7. The molecule has 0 spiro atoms. The number of piperidine rings is 1. The monoisotopic (exact) mass is 528 g/mol. The number of halogens is 3. The number of likely N-dealkylation sites (tertiary alicyclic amines) is 1. The fourth-order valence-corrected chi connectivity index (χ4v) is 4.79. The minimum absolute atomic E-state index is 0.0423. The summed E-state index contributed by atoms with van der Waals surface area (Å²) < 4.78 is 57.4. The third-order valence-electron chi connectivity index (χ3n) is 6.98. The highest BCUT2D eigenvalue weighted by Gasteiger charge is 2.31. The molecule has 4 aromatic rings. The second-order valence-electron chi connectivity index (χ2n) is 9.33. The molecule has 0 unspecified atom stereocenters. The highest BCUT2D eigenvalue weighted by Crippen LogP contribution is 2.34. The van der Waals surface area contributed by atoms with E-state index in [0.717, 1.165) is 43.8 Å². The summed E-state index contributed by atoms with van der Waals surface area (Å²) in [5.74, 6) is -2.11. The van der Waals surface area contributed by atoms with Crippen molar-refractivity contribution >= 4 is 0 Å². The second-order valence-corrected chi connectivity index (χ2v) is 9.33. The van der Waals surface area contributed by atoms with Gasteiger partial charge in [0.05, 0.1) is 42.6 Å². The lowest BCUT2D eigenvalue weighted by Crippen LogP contribution is -2.51. The van der Waals surface area contributed by atoms with Crippen molar-refractivity contribution in [1.29, 1.82) is 0 Å². The quantitative estimate of drug-likeness (QED) is 0.355. The summed E-state index contributed by atoms with van der Waals surface area (Å²) in [5.41, 5.74) is 1.49. The molecule has 1 aromatic carbocycles. The van der Waals surface area contributed by atoms with E-state index in [9.17, 15) is 13.6 Å². The van der Waals surface area contributed by atoms with Gasteiger partial charge in [0.15, 0.2) is 0 Å². The summed E-state index contributed by atoms with van der Waals surface area (Å²) >= 11 is 0. The Hall–Kier alpha value is -3.84. The molecule has 0 atom stereocenters. The molecule has 0 amide bonds. The molecule has 0 aliphatic carbocycles. The van der Waals surface area contributed by atoms with Gasteiger partial charge in [-0.25, -0.2) is 9.18 Å². The Balaban J connectivity index is 1.17. The number of alkyl halides is 2. The molecule has 0 saturated carbocycles. The van der Waals surface area contributed by atoms with Crippen LogP contribution < -0.4 is 5.76 Å². The number of pyridine rings is 1. The van der Waals surface area contributed by atoms with Crippen LogP contribution in [0.3, 0.4) is 0 Å². The zero-order valence-electron chi connectivity index (χ0n) is 20.1. The van der Waals surface area contributed by atoms with Gasteiger partial charge in [0.25, 0.3) is 11.8 Å². The maximum absolute atomic E-state index is 15.6. The summed E-state index contributed by atoms with van der Waals surface area (Å²) in [5, 5.41) is 11.1. The van der Waals surface area contributed by atoms with Crippen molar-refractivity contribution in [3.05, 3.63) is 70.0 Å². The van der Waals surface area contributed by atoms with Crippen molar-refractivity contribution < 1.29 is 26.7 Å². The normalized spacial score (nSPS) is 17.3. The van der Waals surface area contributed by atoms with Crippen LogP contribution in [0.4, 0.5) is 13.2 Å². The number of benzene rings is 1. The summed E-state index contributed by atoms with van der Waals surface area (Å²) in [6.45, 7) is 3.25. The van der Waals surface area contributed by atoms with Gasteiger partial charge in [-0.1, -0.05) is 12.1 Å². The molecule has 10 nitrogen and oxygen atoms in total. The molecule has 6 rings (SSSR count). The first kappa shape index (κ1) is 24.5. The highest BCUT2D eigenvalue weighted by atomic mass is 19.3. The van der Waals surface area contributed by atoms with Crippen molar-refractivity contribution in [2.75, 3.05) is 26.3 Å². The minimum atomic E-state index is -2.87. The van der Waals surface area contributed by atoms with Crippen LogP contribution in [0, 0.1) is 5.82 Å². The molecule has 2 fully saturated rings. The van der Waals surface area contributed by atoms with Gasteiger partial charge in [-0.15, -0.1) is 15.3 Å². The van der Waals surface area contributed by atoms with Crippen molar-refractivity contribution in [3.8, 4) is 22.9 Å². The van der Waals surface area contributed by atoms with E-state index in [4.69, 9.17) is 13.6 Å². The Morgan fingerprint density at radius 2 is 1.84 bits per heavy atom. The third-order valence-corrected chi connectivity index (χ3v) is 6.98. The lowest BCUT2D eigenvalue weighted by Gasteiger charge is -2.41. The van der Waals surface area contributed by atoms with Crippen LogP contribution in [0.2, 0.25) is 0 Å². The van der Waals surface area contributed by atoms with Crippen LogP contribution in [0.1, 0.15) is 42.3 Å². The Labute approximate surface area is 214 Å². The first-order valence-corrected chi connectivity index (χ1v) is 12.2. The van der Waals surface area contributed by atoms with E-state index in [-0.39, 0.29) is 29.8 Å². The van der Waals surface area contributed by atoms with Crippen LogP contribution >= 0.6 is 0 Å². The molecule has 2 aliphatic rings. The third kappa shape index (κ3) is 4.74. The maximum Gasteiger partial charge on any atom is 0.437 e. The van der Waals surface area contributed by atoms with E-state index >= 15 is 4.39 Å². The van der Waals surface area contributed by atoms with E-state index in [1.165, 1.54) is 6.20 Å². The molecule has 2 saturated heterocycles. The molecule has 13 heteroatoms. The fraction of sp³-hybridized carbons (Fsp3) is 0.400. The number of ether oxygens (including phenoxy) is 1. The van der Waals surface area contributed by atoms with Crippen molar-refractivity contribution in [2.24, 2.45) is 0 Å². The van der Waals surface area contributed by atoms with Crippen molar-refractivity contribution in [3.63, 3.8) is 0 Å². The van der Waals surface area contributed by atoms with Crippen LogP contribution in [0.25, 0.3) is 22.9 Å². The molecule has 38 heavy (non-hydrogen) atoms. The largest absolute Gasteiger partial charge is 0.437 e. The lowest BCUT2D eigenvalue weighted by molar-refractivity contribution is -0.0713. The van der Waals surface area contributed by atoms with E-state index in [1.807, 2.05) is 0 Å². The van der Waals surface area contributed by atoms with Crippen LogP contribution in [0.15, 0.2) is 50.2 Å². The zero-order chi connectivity index (χ0) is 26.2. The van der Waals surface area contributed by atoms with Gasteiger partial charge < -0.3 is 13.6 Å². The molecule has 2 aliphatic heterocycles. The zero-order valence-corrected chi connectivity index (χ0v) is 20.1. The molecule has 3 aromatic heterocycles. The smallest absolute Gasteiger partial charge is 0.415 e. The Kier molecular flexibility index (Phi) is 6.54. The summed E-state index contributed by atoms with van der Waals surface area (Å²) in [6, 6.07) is 8.64. The topological polar surface area (TPSA) is 112 Å². The highest BCUT2D eigenvalue weighted by molar-refractivity contribution is 5.56. The van der Waals surface area contributed by atoms with Gasteiger partial charge in [0.1, 0.15) is 5.82 Å². The Morgan fingerprint density at radius 3 is 2.50 bits per heavy atom. The van der Waals surface area contributed by atoms with Gasteiger partial charge in [0, 0.05) is 6.20 Å². The number of hydrogen-bond acceptors (Lipinski definition) is 9. The van der Waals surface area contributed by atoms with E-state index in [1.54, 1.807) is 30.3 Å². The van der Waals surface area contributed by atoms with Gasteiger partial charge in [0.2, 0.25) is 5.89 Å². The van der Waals surface area contributed by atoms with E-state index in [2.05, 4.69) is 25.2 Å². The molecule has 198 valence electrons. The average Bonchev–Trinajstić information content (AvgIpc) is 3.52. The first-order chi connectivity index (χ1) is 18.5. The average molecular weight is 528 g/mol. The van der Waals surface area contributed by atoms with Gasteiger partial charge >= 0.3 is 12.2 Å². The minimum Gasteiger partial charge on any atom is -0.415 e. The fourth-order valence-electron chi connectivity index (χ4n) is 4.79. The SMILES string of the molecule is O=c1oc(-c2cccc(C3CCN(C4COC4)CC3)c2F)nn1Cc1ccc(-c2nnc(C(F)F)o2)cn1. The van der Waals surface area contributed by atoms with Crippen LogP contribution in [-0.4, -0.2) is 62.2 Å². The van der Waals surface area contributed by atoms with E-state index < -0.39 is 23.9 Å². The predicted molar refractivity (Wildman–Crippen MR) is 126 cm³/mol. The number of hydrogen-bond donors (Lipinski definition) is 0. The molecular weight excluding hydrogens is 505 g/mol. The predicted octanol–water partition coefficient (Wildman–Crippen LogP) is 3.65. The summed E-state index contributed by atoms with van der Waals surface area (Å²) in [4.78, 5) is 19.1. The first-order valence-electron chi connectivity index (χ1n) is 12.2. The molecule has 0 bridgehead atoms. The standard InChI is InChI=1S/C25H23F3N6O4/c26-20-18(14-6-8-33(9-7-14)17-12-36-13-17)2-1-3-19(20)23-32-34(25(35)38-23)11-16-5-4-15(10-29-16)22-30-31-24(37-22)21(27)28/h1-5,10,14,17,21H,6-9,11-13H2. The number of aromatic nitrogens is 5. The van der Waals surface area contributed by atoms with Crippen molar-refractivity contribution in [2.45, 2.75) is 37.8 Å². The molecule has 5 heterocycles. The Bertz CT molecular complexity index is 1470. The molecule has 0 N–H and O–H groups in total. The molecule has 0 radical (unpaired) electrons. The maximum atomic E-state index is 15.6. The second kappa shape index (κ2) is 10.1. The van der Waals surface area contributed by atoms with E-state index in [0.29, 0.717) is 22.9 Å². The lowest BCUT2D eigenvalue weighted by atomic mass is 9.87. The van der Waals surface area contributed by atoms with Gasteiger partial charge in [-0.05, 0) is 55.6 Å². The summed E-state index contributed by atoms with van der Waals surface area (Å²) in [7, 11) is 0. The van der Waals surface area contributed by atoms with Crippen molar-refractivity contribution in [1.82, 2.24) is 29.9 Å². The van der Waals surface area contributed by atoms with Gasteiger partial charge in [-0.2, -0.15) is 13.5 Å². The van der Waals surface area contributed by atoms with Gasteiger partial charge in [-0.3, -0.25) is 9.88 Å². The number of nitrogens with zero attached hydrogens (tertiary/aromatic N) is 6. The van der Waals surface area contributed by atoms with Crippen LogP contribution in [-0.2, 0) is 11.3 Å². The van der Waals surface area contributed by atoms with Crippen LogP contribution in [0.5, 0.6) is 0 Å².